The van der Waals surface area contributed by atoms with Crippen LogP contribution < -0.4 is 10.5 Å². The maximum absolute atomic E-state index is 12.0. The van der Waals surface area contributed by atoms with E-state index in [0.29, 0.717) is 18.1 Å². The second-order valence-corrected chi connectivity index (χ2v) is 6.25. The van der Waals surface area contributed by atoms with Gasteiger partial charge >= 0.3 is 0 Å². The normalized spacial score (nSPS) is 16.6. The lowest BCUT2D eigenvalue weighted by Crippen LogP contribution is -2.59. The molecule has 0 bridgehead atoms. The number of nitrogens with zero attached hydrogens (tertiary/aromatic N) is 1. The Morgan fingerprint density at radius 1 is 1.60 bits per heavy atom. The summed E-state index contributed by atoms with van der Waals surface area (Å²) in [6, 6.07) is 6.89. The number of thioether (sulfide) groups is 1. The Hall–Kier alpha value is -0.910. The SMILES string of the molecule is CSCC[C@H](N)C(=O)N1CC(Oc2cccc(Cl)c2)C1. The maximum Gasteiger partial charge on any atom is 0.239 e. The van der Waals surface area contributed by atoms with Crippen molar-refractivity contribution in [3.63, 3.8) is 0 Å². The van der Waals surface area contributed by atoms with Crippen LogP contribution in [-0.2, 0) is 4.79 Å². The number of carbonyl (C=O) groups is 1. The Morgan fingerprint density at radius 2 is 2.35 bits per heavy atom. The number of hydrogen-bond acceptors (Lipinski definition) is 4. The summed E-state index contributed by atoms with van der Waals surface area (Å²) in [5, 5.41) is 0.647. The molecule has 1 aromatic carbocycles. The Morgan fingerprint density at radius 3 is 3.00 bits per heavy atom. The number of carbonyl (C=O) groups excluding carboxylic acids is 1. The van der Waals surface area contributed by atoms with Crippen molar-refractivity contribution >= 4 is 29.3 Å². The average Bonchev–Trinajstić information content (AvgIpc) is 2.39. The number of nitrogens with two attached hydrogens (primary N) is 1. The largest absolute Gasteiger partial charge is 0.487 e. The van der Waals surface area contributed by atoms with Crippen LogP contribution in [-0.4, -0.2) is 48.1 Å². The number of amides is 1. The van der Waals surface area contributed by atoms with Crippen LogP contribution in [0.15, 0.2) is 24.3 Å². The summed E-state index contributed by atoms with van der Waals surface area (Å²) >= 11 is 7.60. The van der Waals surface area contributed by atoms with Gasteiger partial charge in [0.1, 0.15) is 11.9 Å². The molecule has 0 aromatic heterocycles. The third-order valence-corrected chi connectivity index (χ3v) is 4.09. The molecular formula is C14H19ClN2O2S. The number of benzene rings is 1. The second-order valence-electron chi connectivity index (χ2n) is 4.83. The molecule has 1 aliphatic rings. The number of ether oxygens (including phenoxy) is 1. The molecule has 2 N–H and O–H groups in total. The van der Waals surface area contributed by atoms with E-state index in [2.05, 4.69) is 0 Å². The van der Waals surface area contributed by atoms with Crippen LogP contribution in [0.25, 0.3) is 0 Å². The highest BCUT2D eigenvalue weighted by Gasteiger charge is 2.34. The number of likely N-dealkylation sites (tertiary alicyclic amines) is 1. The molecule has 0 saturated carbocycles. The minimum Gasteiger partial charge on any atom is -0.487 e. The molecule has 1 aliphatic heterocycles. The summed E-state index contributed by atoms with van der Waals surface area (Å²) in [6.45, 7) is 1.19. The third kappa shape index (κ3) is 4.04. The molecule has 4 nitrogen and oxygen atoms in total. The van der Waals surface area contributed by atoms with E-state index >= 15 is 0 Å². The zero-order chi connectivity index (χ0) is 14.5. The van der Waals surface area contributed by atoms with Crippen LogP contribution in [0.4, 0.5) is 0 Å². The molecular weight excluding hydrogens is 296 g/mol. The number of hydrogen-bond donors (Lipinski definition) is 1. The Kier molecular flexibility index (Phi) is 5.57. The first-order valence-electron chi connectivity index (χ1n) is 6.55. The summed E-state index contributed by atoms with van der Waals surface area (Å²) in [4.78, 5) is 13.7. The molecule has 1 atom stereocenters. The lowest BCUT2D eigenvalue weighted by atomic mass is 10.1. The maximum atomic E-state index is 12.0. The number of halogens is 1. The predicted molar refractivity (Wildman–Crippen MR) is 83.4 cm³/mol. The molecule has 1 aromatic rings. The molecule has 110 valence electrons. The van der Waals surface area contributed by atoms with E-state index in [1.54, 1.807) is 28.8 Å². The molecule has 1 saturated heterocycles. The van der Waals surface area contributed by atoms with Crippen LogP contribution >= 0.6 is 23.4 Å². The molecule has 1 amide bonds. The topological polar surface area (TPSA) is 55.6 Å². The van der Waals surface area contributed by atoms with Gasteiger partial charge in [-0.25, -0.2) is 0 Å². The Bertz CT molecular complexity index is 466. The zero-order valence-corrected chi connectivity index (χ0v) is 13.0. The van der Waals surface area contributed by atoms with Crippen molar-refractivity contribution in [2.24, 2.45) is 5.73 Å². The van der Waals surface area contributed by atoms with Crippen molar-refractivity contribution in [1.82, 2.24) is 4.90 Å². The fourth-order valence-corrected chi connectivity index (χ4v) is 2.70. The van der Waals surface area contributed by atoms with Crippen LogP contribution in [0.2, 0.25) is 5.02 Å². The molecule has 1 heterocycles. The van der Waals surface area contributed by atoms with E-state index in [0.717, 1.165) is 17.9 Å². The highest BCUT2D eigenvalue weighted by Crippen LogP contribution is 2.22. The van der Waals surface area contributed by atoms with Gasteiger partial charge in [0.25, 0.3) is 0 Å². The zero-order valence-electron chi connectivity index (χ0n) is 11.4. The molecule has 1 fully saturated rings. The van der Waals surface area contributed by atoms with Crippen LogP contribution in [0, 0.1) is 0 Å². The molecule has 0 aliphatic carbocycles. The molecule has 0 spiro atoms. The molecule has 20 heavy (non-hydrogen) atoms. The first-order chi connectivity index (χ1) is 9.60. The Balaban J connectivity index is 1.75. The highest BCUT2D eigenvalue weighted by atomic mass is 35.5. The summed E-state index contributed by atoms with van der Waals surface area (Å²) in [5.41, 5.74) is 5.87. The molecule has 0 unspecified atom stereocenters. The van der Waals surface area contributed by atoms with E-state index in [1.807, 2.05) is 18.4 Å². The summed E-state index contributed by atoms with van der Waals surface area (Å²) in [7, 11) is 0. The molecule has 0 radical (unpaired) electrons. The molecule has 2 rings (SSSR count). The minimum absolute atomic E-state index is 0.0185. The van der Waals surface area contributed by atoms with E-state index in [1.165, 1.54) is 0 Å². The fourth-order valence-electron chi connectivity index (χ4n) is 2.03. The van der Waals surface area contributed by atoms with Gasteiger partial charge in [-0.05, 0) is 36.6 Å². The van der Waals surface area contributed by atoms with E-state index < -0.39 is 6.04 Å². The smallest absolute Gasteiger partial charge is 0.239 e. The lowest BCUT2D eigenvalue weighted by molar-refractivity contribution is -0.141. The van der Waals surface area contributed by atoms with Gasteiger partial charge in [-0.15, -0.1) is 0 Å². The quantitative estimate of drug-likeness (QED) is 0.872. The highest BCUT2D eigenvalue weighted by molar-refractivity contribution is 7.98. The van der Waals surface area contributed by atoms with Crippen LogP contribution in [0.5, 0.6) is 5.75 Å². The van der Waals surface area contributed by atoms with Gasteiger partial charge in [0.2, 0.25) is 5.91 Å². The first-order valence-corrected chi connectivity index (χ1v) is 8.33. The van der Waals surface area contributed by atoms with Gasteiger partial charge in [0.05, 0.1) is 19.1 Å². The summed E-state index contributed by atoms with van der Waals surface area (Å²) in [5.74, 6) is 1.66. The van der Waals surface area contributed by atoms with Gasteiger partial charge in [0.15, 0.2) is 0 Å². The average molecular weight is 315 g/mol. The van der Waals surface area contributed by atoms with Gasteiger partial charge in [-0.2, -0.15) is 11.8 Å². The second kappa shape index (κ2) is 7.20. The van der Waals surface area contributed by atoms with E-state index in [-0.39, 0.29) is 12.0 Å². The first kappa shape index (κ1) is 15.5. The minimum atomic E-state index is -0.394. The van der Waals surface area contributed by atoms with Gasteiger partial charge in [-0.3, -0.25) is 4.79 Å². The van der Waals surface area contributed by atoms with Gasteiger partial charge in [0, 0.05) is 5.02 Å². The van der Waals surface area contributed by atoms with Crippen molar-refractivity contribution in [2.75, 3.05) is 25.1 Å². The summed E-state index contributed by atoms with van der Waals surface area (Å²) in [6.07, 6.45) is 2.76. The van der Waals surface area contributed by atoms with Gasteiger partial charge < -0.3 is 15.4 Å². The fraction of sp³-hybridized carbons (Fsp3) is 0.500. The van der Waals surface area contributed by atoms with Gasteiger partial charge in [-0.1, -0.05) is 17.7 Å². The van der Waals surface area contributed by atoms with Crippen molar-refractivity contribution < 1.29 is 9.53 Å². The van der Waals surface area contributed by atoms with Crippen LogP contribution in [0.1, 0.15) is 6.42 Å². The summed E-state index contributed by atoms with van der Waals surface area (Å²) < 4.78 is 5.75. The van der Waals surface area contributed by atoms with E-state index in [9.17, 15) is 4.79 Å². The standard InChI is InChI=1S/C14H19ClN2O2S/c1-20-6-5-13(16)14(18)17-8-12(9-17)19-11-4-2-3-10(15)7-11/h2-4,7,12-13H,5-6,8-9,16H2,1H3/t13-/m0/s1. The Labute approximate surface area is 128 Å². The molecule has 6 heteroatoms. The van der Waals surface area contributed by atoms with Crippen molar-refractivity contribution in [3.8, 4) is 5.75 Å². The van der Waals surface area contributed by atoms with Crippen LogP contribution in [0.3, 0.4) is 0 Å². The lowest BCUT2D eigenvalue weighted by Gasteiger charge is -2.40. The van der Waals surface area contributed by atoms with Crippen molar-refractivity contribution in [3.05, 3.63) is 29.3 Å². The third-order valence-electron chi connectivity index (χ3n) is 3.21. The van der Waals surface area contributed by atoms with Crippen molar-refractivity contribution in [2.45, 2.75) is 18.6 Å². The number of rotatable bonds is 6. The predicted octanol–water partition coefficient (Wildman–Crippen LogP) is 2.01. The van der Waals surface area contributed by atoms with Crippen molar-refractivity contribution in [1.29, 1.82) is 0 Å². The monoisotopic (exact) mass is 314 g/mol. The van der Waals surface area contributed by atoms with E-state index in [4.69, 9.17) is 22.1 Å².